The molecular weight excluding hydrogens is 210 g/mol. The summed E-state index contributed by atoms with van der Waals surface area (Å²) in [5, 5.41) is 10.5. The lowest BCUT2D eigenvalue weighted by molar-refractivity contribution is -0.0442. The molecule has 100 valence electrons. The molecule has 2 saturated carbocycles. The second kappa shape index (κ2) is 4.89. The van der Waals surface area contributed by atoms with E-state index in [-0.39, 0.29) is 11.5 Å². The predicted octanol–water partition coefficient (Wildman–Crippen LogP) is 2.90. The molecule has 0 bridgehead atoms. The van der Waals surface area contributed by atoms with Crippen molar-refractivity contribution in [2.24, 2.45) is 17.3 Å². The Morgan fingerprint density at radius 1 is 1.29 bits per heavy atom. The molecule has 0 saturated heterocycles. The summed E-state index contributed by atoms with van der Waals surface area (Å²) in [4.78, 5) is 2.48. The topological polar surface area (TPSA) is 23.5 Å². The van der Waals surface area contributed by atoms with Gasteiger partial charge in [-0.15, -0.1) is 0 Å². The molecule has 3 atom stereocenters. The first-order valence-electron chi connectivity index (χ1n) is 7.30. The quantitative estimate of drug-likeness (QED) is 0.815. The van der Waals surface area contributed by atoms with Crippen LogP contribution in [0, 0.1) is 17.3 Å². The van der Waals surface area contributed by atoms with Crippen LogP contribution in [0.4, 0.5) is 0 Å². The molecular formula is C15H29NO. The third-order valence-electron chi connectivity index (χ3n) is 5.17. The van der Waals surface area contributed by atoms with Gasteiger partial charge >= 0.3 is 0 Å². The lowest BCUT2D eigenvalue weighted by Gasteiger charge is -2.43. The molecule has 1 N–H and O–H groups in total. The van der Waals surface area contributed by atoms with E-state index in [0.717, 1.165) is 12.5 Å². The van der Waals surface area contributed by atoms with Crippen molar-refractivity contribution in [1.29, 1.82) is 0 Å². The Bertz CT molecular complexity index is 260. The van der Waals surface area contributed by atoms with Gasteiger partial charge in [0.15, 0.2) is 0 Å². The summed E-state index contributed by atoms with van der Waals surface area (Å²) < 4.78 is 0. The summed E-state index contributed by atoms with van der Waals surface area (Å²) in [5.41, 5.74) is 0.118. The smallest absolute Gasteiger partial charge is 0.0631 e. The highest BCUT2D eigenvalue weighted by Gasteiger charge is 2.39. The molecule has 0 heterocycles. The summed E-state index contributed by atoms with van der Waals surface area (Å²) >= 11 is 0. The molecule has 0 amide bonds. The van der Waals surface area contributed by atoms with Gasteiger partial charge in [0, 0.05) is 12.6 Å². The molecule has 0 aromatic carbocycles. The number of aliphatic hydroxyl groups excluding tert-OH is 1. The van der Waals surface area contributed by atoms with Crippen LogP contribution in [-0.4, -0.2) is 35.7 Å². The fourth-order valence-electron chi connectivity index (χ4n) is 3.43. The van der Waals surface area contributed by atoms with E-state index in [4.69, 9.17) is 0 Å². The highest BCUT2D eigenvalue weighted by atomic mass is 16.3. The Morgan fingerprint density at radius 2 is 1.94 bits per heavy atom. The summed E-state index contributed by atoms with van der Waals surface area (Å²) in [6, 6.07) is 0.701. The Labute approximate surface area is 106 Å². The number of hydrogen-bond donors (Lipinski definition) is 1. The third kappa shape index (κ3) is 3.03. The van der Waals surface area contributed by atoms with Gasteiger partial charge in [-0.2, -0.15) is 0 Å². The molecule has 2 rings (SSSR count). The Balaban J connectivity index is 1.88. The molecule has 3 unspecified atom stereocenters. The van der Waals surface area contributed by atoms with Gasteiger partial charge in [-0.1, -0.05) is 20.3 Å². The zero-order valence-electron chi connectivity index (χ0n) is 11.9. The van der Waals surface area contributed by atoms with Crippen LogP contribution in [0.5, 0.6) is 0 Å². The summed E-state index contributed by atoms with van der Waals surface area (Å²) in [7, 11) is 2.23. The average molecular weight is 239 g/mol. The summed E-state index contributed by atoms with van der Waals surface area (Å²) in [5.74, 6) is 1.40. The van der Waals surface area contributed by atoms with E-state index in [2.05, 4.69) is 32.7 Å². The molecule has 0 aromatic heterocycles. The van der Waals surface area contributed by atoms with Crippen molar-refractivity contribution < 1.29 is 5.11 Å². The fourth-order valence-corrected chi connectivity index (χ4v) is 3.43. The zero-order chi connectivity index (χ0) is 12.6. The van der Waals surface area contributed by atoms with E-state index in [1.807, 2.05) is 0 Å². The van der Waals surface area contributed by atoms with E-state index < -0.39 is 0 Å². The van der Waals surface area contributed by atoms with Crippen LogP contribution in [0.2, 0.25) is 0 Å². The summed E-state index contributed by atoms with van der Waals surface area (Å²) in [6.45, 7) is 7.85. The van der Waals surface area contributed by atoms with Crippen molar-refractivity contribution >= 4 is 0 Å². The highest BCUT2D eigenvalue weighted by Crippen LogP contribution is 2.40. The van der Waals surface area contributed by atoms with Crippen LogP contribution in [0.3, 0.4) is 0 Å². The largest absolute Gasteiger partial charge is 0.392 e. The van der Waals surface area contributed by atoms with Gasteiger partial charge < -0.3 is 10.0 Å². The average Bonchev–Trinajstić information content (AvgIpc) is 3.07. The number of rotatable bonds is 4. The molecule has 0 aliphatic heterocycles. The molecule has 0 radical (unpaired) electrons. The first kappa shape index (κ1) is 13.4. The van der Waals surface area contributed by atoms with Gasteiger partial charge in [-0.25, -0.2) is 0 Å². The number of hydrogen-bond acceptors (Lipinski definition) is 2. The van der Waals surface area contributed by atoms with Gasteiger partial charge in [0.2, 0.25) is 0 Å². The second-order valence-electron chi connectivity index (χ2n) is 7.10. The van der Waals surface area contributed by atoms with Crippen LogP contribution in [0.1, 0.15) is 52.9 Å². The SMILES string of the molecule is CC(C1CC1)N(C)CC1CCCC(C)(C)C1O. The number of aliphatic hydroxyl groups is 1. The first-order chi connectivity index (χ1) is 7.92. The van der Waals surface area contributed by atoms with Crippen molar-refractivity contribution in [1.82, 2.24) is 4.90 Å². The molecule has 2 nitrogen and oxygen atoms in total. The minimum atomic E-state index is -0.120. The van der Waals surface area contributed by atoms with Gasteiger partial charge in [-0.05, 0) is 56.9 Å². The van der Waals surface area contributed by atoms with E-state index >= 15 is 0 Å². The maximum atomic E-state index is 10.5. The predicted molar refractivity (Wildman–Crippen MR) is 71.9 cm³/mol. The Morgan fingerprint density at radius 3 is 2.53 bits per heavy atom. The van der Waals surface area contributed by atoms with Crippen LogP contribution in [-0.2, 0) is 0 Å². The van der Waals surface area contributed by atoms with Crippen molar-refractivity contribution in [2.75, 3.05) is 13.6 Å². The second-order valence-corrected chi connectivity index (χ2v) is 7.10. The van der Waals surface area contributed by atoms with E-state index in [9.17, 15) is 5.11 Å². The molecule has 17 heavy (non-hydrogen) atoms. The standard InChI is InChI=1S/C15H29NO/c1-11(12-7-8-12)16(4)10-13-6-5-9-15(2,3)14(13)17/h11-14,17H,5-10H2,1-4H3. The van der Waals surface area contributed by atoms with E-state index in [0.29, 0.717) is 12.0 Å². The first-order valence-corrected chi connectivity index (χ1v) is 7.30. The van der Waals surface area contributed by atoms with Crippen molar-refractivity contribution in [3.8, 4) is 0 Å². The number of nitrogens with zero attached hydrogens (tertiary/aromatic N) is 1. The Kier molecular flexibility index (Phi) is 3.84. The molecule has 2 heteroatoms. The van der Waals surface area contributed by atoms with Crippen molar-refractivity contribution in [3.05, 3.63) is 0 Å². The minimum Gasteiger partial charge on any atom is -0.392 e. The van der Waals surface area contributed by atoms with Crippen LogP contribution in [0.25, 0.3) is 0 Å². The van der Waals surface area contributed by atoms with Crippen molar-refractivity contribution in [3.63, 3.8) is 0 Å². The van der Waals surface area contributed by atoms with Gasteiger partial charge in [0.05, 0.1) is 6.10 Å². The minimum absolute atomic E-state index is 0.118. The maximum Gasteiger partial charge on any atom is 0.0631 e. The molecule has 0 spiro atoms. The maximum absolute atomic E-state index is 10.5. The molecule has 2 fully saturated rings. The fraction of sp³-hybridized carbons (Fsp3) is 1.00. The van der Waals surface area contributed by atoms with Crippen LogP contribution < -0.4 is 0 Å². The zero-order valence-corrected chi connectivity index (χ0v) is 11.9. The highest BCUT2D eigenvalue weighted by molar-refractivity contribution is 4.91. The Hall–Kier alpha value is -0.0800. The van der Waals surface area contributed by atoms with Gasteiger partial charge in [0.25, 0.3) is 0 Å². The lowest BCUT2D eigenvalue weighted by Crippen LogP contribution is -2.46. The molecule has 2 aliphatic rings. The third-order valence-corrected chi connectivity index (χ3v) is 5.17. The van der Waals surface area contributed by atoms with Crippen LogP contribution in [0.15, 0.2) is 0 Å². The monoisotopic (exact) mass is 239 g/mol. The van der Waals surface area contributed by atoms with Crippen molar-refractivity contribution in [2.45, 2.75) is 65.0 Å². The lowest BCUT2D eigenvalue weighted by atomic mass is 9.69. The van der Waals surface area contributed by atoms with Crippen LogP contribution >= 0.6 is 0 Å². The normalized spacial score (nSPS) is 34.9. The van der Waals surface area contributed by atoms with E-state index in [1.54, 1.807) is 0 Å². The van der Waals surface area contributed by atoms with Gasteiger partial charge in [-0.3, -0.25) is 0 Å². The summed E-state index contributed by atoms with van der Waals surface area (Å²) in [6.07, 6.45) is 6.35. The molecule has 2 aliphatic carbocycles. The van der Waals surface area contributed by atoms with E-state index in [1.165, 1.54) is 32.1 Å². The van der Waals surface area contributed by atoms with Gasteiger partial charge in [0.1, 0.15) is 0 Å². The molecule has 0 aromatic rings.